The highest BCUT2D eigenvalue weighted by Gasteiger charge is 2.54. The highest BCUT2D eigenvalue weighted by Crippen LogP contribution is 2.40. The Labute approximate surface area is 177 Å². The first-order valence-corrected chi connectivity index (χ1v) is 10.2. The predicted octanol–water partition coefficient (Wildman–Crippen LogP) is -1.08. The summed E-state index contributed by atoms with van der Waals surface area (Å²) >= 11 is 2.25. The van der Waals surface area contributed by atoms with Crippen LogP contribution in [0.15, 0.2) is 16.4 Å². The second-order valence-corrected chi connectivity index (χ2v) is 7.88. The van der Waals surface area contributed by atoms with Gasteiger partial charge >= 0.3 is 11.9 Å². The van der Waals surface area contributed by atoms with Gasteiger partial charge in [-0.05, 0) is 0 Å². The molecule has 0 bridgehead atoms. The molecular weight excluding hydrogens is 440 g/mol. The molecule has 0 aromatic carbocycles. The number of nitrogens with two attached hydrogens (primary N) is 1. The van der Waals surface area contributed by atoms with Crippen molar-refractivity contribution in [1.82, 2.24) is 19.6 Å². The number of nitrogen functional groups attached to an aromatic ring is 1. The van der Waals surface area contributed by atoms with Crippen LogP contribution < -0.4 is 11.1 Å². The molecule has 15 heteroatoms. The number of aromatic nitrogens is 2. The molecule has 0 radical (unpaired) electrons. The fourth-order valence-electron chi connectivity index (χ4n) is 2.68. The van der Waals surface area contributed by atoms with Crippen LogP contribution in [0.3, 0.4) is 0 Å². The molecule has 1 fully saturated rings. The first kappa shape index (κ1) is 21.5. The Bertz CT molecular complexity index is 946. The van der Waals surface area contributed by atoms with Crippen molar-refractivity contribution in [2.75, 3.05) is 18.1 Å². The summed E-state index contributed by atoms with van der Waals surface area (Å²) in [6.07, 6.45) is 0.846. The van der Waals surface area contributed by atoms with E-state index in [9.17, 15) is 24.3 Å². The van der Waals surface area contributed by atoms with Crippen LogP contribution in [0.4, 0.5) is 5.13 Å². The second-order valence-electron chi connectivity index (χ2n) is 5.99. The number of aliphatic carboxylic acids is 1. The van der Waals surface area contributed by atoms with E-state index in [0.717, 1.165) is 22.6 Å². The van der Waals surface area contributed by atoms with Gasteiger partial charge in [-0.3, -0.25) is 19.3 Å². The fourth-order valence-corrected chi connectivity index (χ4v) is 4.45. The normalized spacial score (nSPS) is 20.6. The monoisotopic (exact) mass is 456 g/mol. The van der Waals surface area contributed by atoms with E-state index in [0.29, 0.717) is 11.4 Å². The fraction of sp³-hybridized carbons (Fsp3) is 0.400. The molecule has 2 aliphatic heterocycles. The van der Waals surface area contributed by atoms with E-state index in [1.807, 2.05) is 0 Å². The van der Waals surface area contributed by atoms with Gasteiger partial charge in [-0.1, -0.05) is 5.16 Å². The van der Waals surface area contributed by atoms with Crippen molar-refractivity contribution in [3.63, 3.8) is 0 Å². The number of oxime groups is 1. The minimum atomic E-state index is -1.31. The summed E-state index contributed by atoms with van der Waals surface area (Å²) in [5.41, 5.74) is 5.50. The number of anilines is 1. The molecule has 160 valence electrons. The molecule has 13 nitrogen and oxygen atoms in total. The minimum Gasteiger partial charge on any atom is -0.477 e. The topological polar surface area (TPSA) is 186 Å². The Morgan fingerprint density at radius 1 is 1.43 bits per heavy atom. The van der Waals surface area contributed by atoms with Gasteiger partial charge in [0.1, 0.15) is 29.9 Å². The molecule has 2 aliphatic rings. The number of nitrogens with zero attached hydrogens (tertiary/aromatic N) is 4. The number of carboxylic acids is 1. The van der Waals surface area contributed by atoms with Crippen LogP contribution in [0.25, 0.3) is 0 Å². The van der Waals surface area contributed by atoms with Gasteiger partial charge in [-0.25, -0.2) is 4.79 Å². The summed E-state index contributed by atoms with van der Waals surface area (Å²) in [7, 11) is 0. The number of fused-ring (bicyclic) bond motifs is 1. The van der Waals surface area contributed by atoms with Crippen molar-refractivity contribution in [3.8, 4) is 0 Å². The number of carboxylic acid groups (broad SMARTS) is 1. The zero-order valence-corrected chi connectivity index (χ0v) is 17.1. The lowest BCUT2D eigenvalue weighted by atomic mass is 10.0. The van der Waals surface area contributed by atoms with Gasteiger partial charge in [-0.15, -0.1) is 11.8 Å². The maximum absolute atomic E-state index is 12.4. The zero-order chi connectivity index (χ0) is 21.8. The number of ether oxygens (including phenoxy) is 1. The van der Waals surface area contributed by atoms with E-state index < -0.39 is 35.2 Å². The largest absolute Gasteiger partial charge is 0.477 e. The van der Waals surface area contributed by atoms with Crippen LogP contribution >= 0.6 is 23.3 Å². The van der Waals surface area contributed by atoms with Crippen molar-refractivity contribution in [1.29, 1.82) is 0 Å². The molecule has 0 aliphatic carbocycles. The smallest absolute Gasteiger partial charge is 0.352 e. The van der Waals surface area contributed by atoms with Gasteiger partial charge in [0.15, 0.2) is 17.6 Å². The van der Waals surface area contributed by atoms with Gasteiger partial charge in [0, 0.05) is 29.8 Å². The molecule has 3 rings (SSSR count). The van der Waals surface area contributed by atoms with E-state index in [1.54, 1.807) is 0 Å². The lowest BCUT2D eigenvalue weighted by Crippen LogP contribution is -2.70. The van der Waals surface area contributed by atoms with E-state index in [2.05, 4.69) is 19.8 Å². The van der Waals surface area contributed by atoms with Crippen LogP contribution in [0.5, 0.6) is 0 Å². The third-order valence-electron chi connectivity index (χ3n) is 3.92. The summed E-state index contributed by atoms with van der Waals surface area (Å²) in [6, 6.07) is -0.918. The summed E-state index contributed by atoms with van der Waals surface area (Å²) < 4.78 is 8.74. The maximum atomic E-state index is 12.4. The molecule has 0 saturated carbocycles. The summed E-state index contributed by atoms with van der Waals surface area (Å²) in [4.78, 5) is 56.9. The zero-order valence-electron chi connectivity index (χ0n) is 15.4. The molecule has 30 heavy (non-hydrogen) atoms. The molecule has 2 atom stereocenters. The molecule has 0 spiro atoms. The van der Waals surface area contributed by atoms with Gasteiger partial charge in [0.2, 0.25) is 0 Å². The van der Waals surface area contributed by atoms with E-state index in [4.69, 9.17) is 15.3 Å². The number of amides is 2. The maximum Gasteiger partial charge on any atom is 0.352 e. The summed E-state index contributed by atoms with van der Waals surface area (Å²) in [6.45, 7) is 0.902. The van der Waals surface area contributed by atoms with Crippen molar-refractivity contribution in [2.24, 2.45) is 5.16 Å². The lowest BCUT2D eigenvalue weighted by Gasteiger charge is -2.49. The van der Waals surface area contributed by atoms with Crippen LogP contribution in [0.2, 0.25) is 0 Å². The average molecular weight is 456 g/mol. The predicted molar refractivity (Wildman–Crippen MR) is 104 cm³/mol. The first-order valence-electron chi connectivity index (χ1n) is 8.35. The number of carbonyl (C=O) groups excluding carboxylic acids is 3. The van der Waals surface area contributed by atoms with Crippen molar-refractivity contribution in [2.45, 2.75) is 24.9 Å². The lowest BCUT2D eigenvalue weighted by molar-refractivity contribution is -0.150. The third-order valence-corrected chi connectivity index (χ3v) is 5.84. The first-order chi connectivity index (χ1) is 14.3. The molecule has 1 aromatic heterocycles. The van der Waals surface area contributed by atoms with Crippen molar-refractivity contribution < 1.29 is 33.9 Å². The number of rotatable bonds is 8. The molecule has 2 unspecified atom stereocenters. The molecule has 1 aromatic rings. The highest BCUT2D eigenvalue weighted by molar-refractivity contribution is 8.00. The number of hydrogen-bond acceptors (Lipinski definition) is 12. The van der Waals surface area contributed by atoms with Crippen molar-refractivity contribution >= 4 is 58.4 Å². The third kappa shape index (κ3) is 4.68. The van der Waals surface area contributed by atoms with Gasteiger partial charge < -0.3 is 25.7 Å². The molecule has 3 heterocycles. The number of carbonyl (C=O) groups is 4. The quantitative estimate of drug-likeness (QED) is 0.187. The minimum absolute atomic E-state index is 0.0794. The van der Waals surface area contributed by atoms with E-state index in [-0.39, 0.29) is 29.8 Å². The Balaban J connectivity index is 1.56. The van der Waals surface area contributed by atoms with Gasteiger partial charge in [0.05, 0.1) is 0 Å². The number of esters is 1. The Morgan fingerprint density at radius 2 is 2.20 bits per heavy atom. The summed E-state index contributed by atoms with van der Waals surface area (Å²) in [5, 5.41) is 15.1. The molecule has 2 amide bonds. The van der Waals surface area contributed by atoms with Gasteiger partial charge in [0.25, 0.3) is 11.8 Å². The Hall–Kier alpha value is -3.20. The van der Waals surface area contributed by atoms with Gasteiger partial charge in [-0.2, -0.15) is 9.36 Å². The second kappa shape index (κ2) is 9.08. The van der Waals surface area contributed by atoms with Crippen LogP contribution in [-0.2, 0) is 35.4 Å². The number of nitrogens with one attached hydrogen (secondary N) is 1. The van der Waals surface area contributed by atoms with E-state index >= 15 is 0 Å². The molecule has 4 N–H and O–H groups in total. The Morgan fingerprint density at radius 3 is 2.83 bits per heavy atom. The summed E-state index contributed by atoms with van der Waals surface area (Å²) in [5.74, 6) is -2.60. The van der Waals surface area contributed by atoms with E-state index in [1.165, 1.54) is 18.7 Å². The number of hydrogen-bond donors (Lipinski definition) is 3. The SMILES string of the molecule is CC(=O)OCC1=C(C(=O)O)N2C(=O)C(NC(=O)/C=N\OCc3nsc(N)n3)C2SC1. The van der Waals surface area contributed by atoms with Crippen molar-refractivity contribution in [3.05, 3.63) is 17.1 Å². The van der Waals surface area contributed by atoms with Crippen LogP contribution in [-0.4, -0.2) is 73.1 Å². The molecular formula is C15H16N6O7S2. The number of thioether (sulfide) groups is 1. The average Bonchev–Trinajstić information content (AvgIpc) is 3.11. The molecule has 1 saturated heterocycles. The van der Waals surface area contributed by atoms with Crippen LogP contribution in [0, 0.1) is 0 Å². The highest BCUT2D eigenvalue weighted by atomic mass is 32.2. The number of β-lactam (4-membered cyclic amide) rings is 1. The standard InChI is InChI=1S/C15H16N6O7S2/c1-6(22)27-3-7-5-29-13-10(12(24)21(13)11(7)14(25)26)19-9(23)2-17-28-4-8-18-15(16)30-20-8/h2,10,13H,3-5H2,1H3,(H,19,23)(H,25,26)(H2,16,18,20)/b17-2-. The van der Waals surface area contributed by atoms with Crippen LogP contribution in [0.1, 0.15) is 12.7 Å². The Kier molecular flexibility index (Phi) is 6.51.